The molecule has 3 nitrogen and oxygen atoms in total. The summed E-state index contributed by atoms with van der Waals surface area (Å²) in [6, 6.07) is 5.89. The molecule has 2 aromatic rings. The third kappa shape index (κ3) is 4.51. The summed E-state index contributed by atoms with van der Waals surface area (Å²) in [5, 5.41) is 5.29. The number of hydrogen-bond donors (Lipinski definition) is 1. The quantitative estimate of drug-likeness (QED) is 0.757. The van der Waals surface area contributed by atoms with Gasteiger partial charge in [-0.15, -0.1) is 11.3 Å². The van der Waals surface area contributed by atoms with E-state index in [-0.39, 0.29) is 5.82 Å². The Morgan fingerprint density at radius 3 is 2.95 bits per heavy atom. The van der Waals surface area contributed by atoms with Gasteiger partial charge in [0.05, 0.1) is 0 Å². The van der Waals surface area contributed by atoms with Crippen LogP contribution in [0.5, 0.6) is 0 Å². The molecule has 0 spiro atoms. The third-order valence-electron chi connectivity index (χ3n) is 3.33. The molecule has 0 bridgehead atoms. The highest BCUT2D eigenvalue weighted by Gasteiger charge is 2.13. The van der Waals surface area contributed by atoms with Crippen molar-refractivity contribution in [1.29, 1.82) is 0 Å². The van der Waals surface area contributed by atoms with Crippen LogP contribution in [0.3, 0.4) is 0 Å². The van der Waals surface area contributed by atoms with Crippen molar-refractivity contribution in [2.45, 2.75) is 26.3 Å². The van der Waals surface area contributed by atoms with Crippen LogP contribution in [-0.4, -0.2) is 25.1 Å². The molecule has 0 saturated heterocycles. The van der Waals surface area contributed by atoms with Crippen molar-refractivity contribution < 1.29 is 4.39 Å². The predicted octanol–water partition coefficient (Wildman–Crippen LogP) is 3.46. The summed E-state index contributed by atoms with van der Waals surface area (Å²) >= 11 is 1.73. The second-order valence-electron chi connectivity index (χ2n) is 5.04. The number of halogens is 1. The zero-order valence-electron chi connectivity index (χ0n) is 12.6. The summed E-state index contributed by atoms with van der Waals surface area (Å²) < 4.78 is 14.5. The fourth-order valence-electron chi connectivity index (χ4n) is 2.11. The SMILES string of the molecule is CCCNCc1ccnc(N(C)CCc2cccs2)c1F. The lowest BCUT2D eigenvalue weighted by molar-refractivity contribution is 0.577. The zero-order valence-corrected chi connectivity index (χ0v) is 13.4. The number of rotatable bonds is 8. The molecule has 0 aliphatic heterocycles. The monoisotopic (exact) mass is 307 g/mol. The van der Waals surface area contributed by atoms with Crippen LogP contribution in [0.15, 0.2) is 29.8 Å². The molecular formula is C16H22FN3S. The first-order valence-corrected chi connectivity index (χ1v) is 8.18. The number of nitrogens with zero attached hydrogens (tertiary/aromatic N) is 2. The van der Waals surface area contributed by atoms with Crippen molar-refractivity contribution in [1.82, 2.24) is 10.3 Å². The molecule has 0 atom stereocenters. The maximum atomic E-state index is 14.5. The molecule has 0 amide bonds. The van der Waals surface area contributed by atoms with E-state index in [1.807, 2.05) is 18.0 Å². The van der Waals surface area contributed by atoms with Gasteiger partial charge in [-0.25, -0.2) is 9.37 Å². The molecule has 1 N–H and O–H groups in total. The second-order valence-corrected chi connectivity index (χ2v) is 6.07. The van der Waals surface area contributed by atoms with Gasteiger partial charge in [-0.2, -0.15) is 0 Å². The molecule has 5 heteroatoms. The van der Waals surface area contributed by atoms with Gasteiger partial charge >= 0.3 is 0 Å². The van der Waals surface area contributed by atoms with Gasteiger partial charge in [0.15, 0.2) is 11.6 Å². The van der Waals surface area contributed by atoms with Crippen LogP contribution in [-0.2, 0) is 13.0 Å². The van der Waals surface area contributed by atoms with Crippen LogP contribution in [0.4, 0.5) is 10.2 Å². The van der Waals surface area contributed by atoms with Gasteiger partial charge in [0.2, 0.25) is 0 Å². The second kappa shape index (κ2) is 8.10. The average Bonchev–Trinajstić information content (AvgIpc) is 3.00. The first kappa shape index (κ1) is 15.9. The first-order valence-electron chi connectivity index (χ1n) is 7.30. The third-order valence-corrected chi connectivity index (χ3v) is 4.26. The van der Waals surface area contributed by atoms with Gasteiger partial charge in [0.1, 0.15) is 0 Å². The Morgan fingerprint density at radius 1 is 1.38 bits per heavy atom. The summed E-state index contributed by atoms with van der Waals surface area (Å²) in [6.07, 6.45) is 3.64. The van der Waals surface area contributed by atoms with E-state index in [2.05, 4.69) is 28.7 Å². The van der Waals surface area contributed by atoms with Gasteiger partial charge in [-0.05, 0) is 36.9 Å². The molecule has 0 saturated carbocycles. The number of anilines is 1. The van der Waals surface area contributed by atoms with E-state index in [0.717, 1.165) is 25.9 Å². The van der Waals surface area contributed by atoms with Crippen LogP contribution in [0.25, 0.3) is 0 Å². The van der Waals surface area contributed by atoms with Gasteiger partial charge < -0.3 is 10.2 Å². The molecule has 21 heavy (non-hydrogen) atoms. The van der Waals surface area contributed by atoms with Crippen molar-refractivity contribution in [2.75, 3.05) is 25.0 Å². The molecule has 2 heterocycles. The van der Waals surface area contributed by atoms with E-state index in [1.54, 1.807) is 23.6 Å². The number of nitrogens with one attached hydrogen (secondary N) is 1. The van der Waals surface area contributed by atoms with Crippen LogP contribution >= 0.6 is 11.3 Å². The van der Waals surface area contributed by atoms with Crippen molar-refractivity contribution in [3.8, 4) is 0 Å². The Bertz CT molecular complexity index is 542. The first-order chi connectivity index (χ1) is 10.2. The highest BCUT2D eigenvalue weighted by molar-refractivity contribution is 7.09. The molecule has 0 aliphatic rings. The number of pyridine rings is 1. The lowest BCUT2D eigenvalue weighted by atomic mass is 10.2. The van der Waals surface area contributed by atoms with E-state index >= 15 is 0 Å². The van der Waals surface area contributed by atoms with Crippen LogP contribution < -0.4 is 10.2 Å². The minimum atomic E-state index is -0.213. The average molecular weight is 307 g/mol. The van der Waals surface area contributed by atoms with Crippen molar-refractivity contribution in [3.05, 3.63) is 46.0 Å². The van der Waals surface area contributed by atoms with E-state index in [4.69, 9.17) is 0 Å². The molecule has 2 aromatic heterocycles. The number of hydrogen-bond acceptors (Lipinski definition) is 4. The van der Waals surface area contributed by atoms with Crippen molar-refractivity contribution in [2.24, 2.45) is 0 Å². The number of aromatic nitrogens is 1. The Labute approximate surface area is 129 Å². The Kier molecular flexibility index (Phi) is 6.14. The minimum absolute atomic E-state index is 0.213. The van der Waals surface area contributed by atoms with Crippen molar-refractivity contribution in [3.63, 3.8) is 0 Å². The largest absolute Gasteiger partial charge is 0.357 e. The lowest BCUT2D eigenvalue weighted by Gasteiger charge is -2.19. The fraction of sp³-hybridized carbons (Fsp3) is 0.438. The Balaban J connectivity index is 1.99. The highest BCUT2D eigenvalue weighted by atomic mass is 32.1. The molecule has 0 aromatic carbocycles. The summed E-state index contributed by atoms with van der Waals surface area (Å²) in [7, 11) is 1.89. The van der Waals surface area contributed by atoms with E-state index in [9.17, 15) is 4.39 Å². The van der Waals surface area contributed by atoms with Crippen LogP contribution in [0.1, 0.15) is 23.8 Å². The van der Waals surface area contributed by atoms with E-state index in [0.29, 0.717) is 17.9 Å². The number of thiophene rings is 1. The zero-order chi connectivity index (χ0) is 15.1. The lowest BCUT2D eigenvalue weighted by Crippen LogP contribution is -2.23. The molecule has 2 rings (SSSR count). The molecule has 114 valence electrons. The van der Waals surface area contributed by atoms with Crippen molar-refractivity contribution >= 4 is 17.2 Å². The van der Waals surface area contributed by atoms with E-state index in [1.165, 1.54) is 4.88 Å². The topological polar surface area (TPSA) is 28.2 Å². The summed E-state index contributed by atoms with van der Waals surface area (Å²) in [5.41, 5.74) is 0.677. The van der Waals surface area contributed by atoms with Crippen LogP contribution in [0.2, 0.25) is 0 Å². The standard InChI is InChI=1S/C16H22FN3S/c1-3-8-18-12-13-6-9-19-16(15(13)17)20(2)10-7-14-5-4-11-21-14/h4-6,9,11,18H,3,7-8,10,12H2,1-2H3. The van der Waals surface area contributed by atoms with Gasteiger partial charge in [0, 0.05) is 36.8 Å². The summed E-state index contributed by atoms with van der Waals surface area (Å²) in [4.78, 5) is 7.39. The highest BCUT2D eigenvalue weighted by Crippen LogP contribution is 2.19. The minimum Gasteiger partial charge on any atom is -0.357 e. The smallest absolute Gasteiger partial charge is 0.170 e. The fourth-order valence-corrected chi connectivity index (χ4v) is 2.81. The van der Waals surface area contributed by atoms with Gasteiger partial charge in [0.25, 0.3) is 0 Å². The van der Waals surface area contributed by atoms with Crippen LogP contribution in [0, 0.1) is 5.82 Å². The Hall–Kier alpha value is -1.46. The molecule has 0 fully saturated rings. The normalized spacial score (nSPS) is 10.8. The molecular weight excluding hydrogens is 285 g/mol. The summed E-state index contributed by atoms with van der Waals surface area (Å²) in [6.45, 7) is 4.30. The molecule has 0 unspecified atom stereocenters. The van der Waals surface area contributed by atoms with Gasteiger partial charge in [-0.3, -0.25) is 0 Å². The van der Waals surface area contributed by atoms with E-state index < -0.39 is 0 Å². The predicted molar refractivity (Wildman–Crippen MR) is 87.5 cm³/mol. The Morgan fingerprint density at radius 2 is 2.24 bits per heavy atom. The number of likely N-dealkylation sites (N-methyl/N-ethyl adjacent to an activating group) is 1. The summed E-state index contributed by atoms with van der Waals surface area (Å²) in [5.74, 6) is 0.220. The molecule has 0 radical (unpaired) electrons. The van der Waals surface area contributed by atoms with Gasteiger partial charge in [-0.1, -0.05) is 13.0 Å². The maximum absolute atomic E-state index is 14.5. The maximum Gasteiger partial charge on any atom is 0.170 e. The molecule has 0 aliphatic carbocycles.